The minimum absolute atomic E-state index is 0.332. The molecule has 3 aromatic rings. The van der Waals surface area contributed by atoms with E-state index in [1.165, 1.54) is 11.6 Å². The predicted molar refractivity (Wildman–Crippen MR) is 95.0 cm³/mol. The molecule has 3 rings (SSSR count). The van der Waals surface area contributed by atoms with Gasteiger partial charge in [-0.05, 0) is 24.6 Å². The van der Waals surface area contributed by atoms with Crippen molar-refractivity contribution in [2.24, 2.45) is 0 Å². The highest BCUT2D eigenvalue weighted by Crippen LogP contribution is 2.20. The molecule has 0 aliphatic rings. The molecule has 4 nitrogen and oxygen atoms in total. The quantitative estimate of drug-likeness (QED) is 0.760. The van der Waals surface area contributed by atoms with E-state index in [2.05, 4.69) is 27.4 Å². The number of aromatic nitrogens is 2. The van der Waals surface area contributed by atoms with Crippen molar-refractivity contribution in [2.75, 3.05) is 17.3 Å². The molecule has 24 heavy (non-hydrogen) atoms. The average Bonchev–Trinajstić information content (AvgIpc) is 2.57. The minimum Gasteiger partial charge on any atom is -0.355 e. The lowest BCUT2D eigenvalue weighted by atomic mass is 10.2. The molecule has 1 N–H and O–H groups in total. The maximum Gasteiger partial charge on any atom is 0.229 e. The van der Waals surface area contributed by atoms with Crippen LogP contribution in [0.2, 0.25) is 0 Å². The van der Waals surface area contributed by atoms with Crippen LogP contribution < -0.4 is 10.2 Å². The molecule has 0 aliphatic carbocycles. The van der Waals surface area contributed by atoms with E-state index in [4.69, 9.17) is 0 Å². The van der Waals surface area contributed by atoms with Crippen molar-refractivity contribution >= 4 is 17.5 Å². The van der Waals surface area contributed by atoms with E-state index < -0.39 is 0 Å². The third-order valence-electron chi connectivity index (χ3n) is 3.61. The van der Waals surface area contributed by atoms with Crippen LogP contribution in [-0.4, -0.2) is 17.0 Å². The molecule has 0 radical (unpaired) electrons. The maximum atomic E-state index is 13.8. The first-order chi connectivity index (χ1) is 11.6. The predicted octanol–water partition coefficient (Wildman–Crippen LogP) is 4.30. The Kier molecular flexibility index (Phi) is 4.70. The molecule has 0 bridgehead atoms. The number of hydrogen-bond acceptors (Lipinski definition) is 4. The summed E-state index contributed by atoms with van der Waals surface area (Å²) in [6.07, 6.45) is 0. The first-order valence-corrected chi connectivity index (χ1v) is 7.74. The van der Waals surface area contributed by atoms with Crippen molar-refractivity contribution in [3.63, 3.8) is 0 Å². The van der Waals surface area contributed by atoms with Crippen LogP contribution in [0.15, 0.2) is 60.7 Å². The van der Waals surface area contributed by atoms with E-state index in [0.717, 1.165) is 18.1 Å². The first-order valence-electron chi connectivity index (χ1n) is 7.74. The summed E-state index contributed by atoms with van der Waals surface area (Å²) in [4.78, 5) is 10.9. The summed E-state index contributed by atoms with van der Waals surface area (Å²) in [6.45, 7) is 2.63. The Hall–Kier alpha value is -2.95. The number of anilines is 3. The highest BCUT2D eigenvalue weighted by Gasteiger charge is 2.09. The molecular formula is C19H19FN4. The number of aryl methyl sites for hydroxylation is 1. The van der Waals surface area contributed by atoms with E-state index in [1.54, 1.807) is 18.2 Å². The molecular weight excluding hydrogens is 303 g/mol. The molecule has 0 amide bonds. The van der Waals surface area contributed by atoms with Gasteiger partial charge in [0.05, 0.1) is 5.69 Å². The van der Waals surface area contributed by atoms with Crippen LogP contribution in [0.3, 0.4) is 0 Å². The van der Waals surface area contributed by atoms with Crippen molar-refractivity contribution in [1.82, 2.24) is 9.97 Å². The Morgan fingerprint density at radius 1 is 1.00 bits per heavy atom. The van der Waals surface area contributed by atoms with Gasteiger partial charge in [0.1, 0.15) is 11.6 Å². The van der Waals surface area contributed by atoms with Crippen molar-refractivity contribution < 1.29 is 4.39 Å². The molecule has 0 saturated heterocycles. The van der Waals surface area contributed by atoms with Crippen LogP contribution in [-0.2, 0) is 6.54 Å². The third kappa shape index (κ3) is 3.87. The topological polar surface area (TPSA) is 41.1 Å². The Bertz CT molecular complexity index is 821. The zero-order chi connectivity index (χ0) is 16.9. The highest BCUT2D eigenvalue weighted by atomic mass is 19.1. The summed E-state index contributed by atoms with van der Waals surface area (Å²) in [7, 11) is 1.97. The SMILES string of the molecule is Cc1cc(N(C)Cc2ccccc2)nc(Nc2ccccc2F)n1. The highest BCUT2D eigenvalue weighted by molar-refractivity contribution is 5.56. The van der Waals surface area contributed by atoms with E-state index in [1.807, 2.05) is 43.1 Å². The van der Waals surface area contributed by atoms with E-state index >= 15 is 0 Å². The zero-order valence-electron chi connectivity index (χ0n) is 13.7. The standard InChI is InChI=1S/C19H19FN4/c1-14-12-18(24(2)13-15-8-4-3-5-9-15)23-19(21-14)22-17-11-7-6-10-16(17)20/h3-12H,13H2,1-2H3,(H,21,22,23). The lowest BCUT2D eigenvalue weighted by Crippen LogP contribution is -2.18. The van der Waals surface area contributed by atoms with Crippen molar-refractivity contribution in [3.05, 3.63) is 77.7 Å². The lowest BCUT2D eigenvalue weighted by molar-refractivity contribution is 0.631. The number of nitrogens with one attached hydrogen (secondary N) is 1. The smallest absolute Gasteiger partial charge is 0.229 e. The van der Waals surface area contributed by atoms with Crippen LogP contribution in [0.5, 0.6) is 0 Å². The summed E-state index contributed by atoms with van der Waals surface area (Å²) >= 11 is 0. The fraction of sp³-hybridized carbons (Fsp3) is 0.158. The monoisotopic (exact) mass is 322 g/mol. The van der Waals surface area contributed by atoms with E-state index in [0.29, 0.717) is 11.6 Å². The number of rotatable bonds is 5. The molecule has 1 aromatic heterocycles. The molecule has 0 fully saturated rings. The van der Waals surface area contributed by atoms with Crippen LogP contribution in [0.4, 0.5) is 21.8 Å². The lowest BCUT2D eigenvalue weighted by Gasteiger charge is -2.19. The Morgan fingerprint density at radius 3 is 2.46 bits per heavy atom. The Morgan fingerprint density at radius 2 is 1.71 bits per heavy atom. The van der Waals surface area contributed by atoms with Gasteiger partial charge < -0.3 is 10.2 Å². The van der Waals surface area contributed by atoms with Gasteiger partial charge in [-0.15, -0.1) is 0 Å². The summed E-state index contributed by atoms with van der Waals surface area (Å²) < 4.78 is 13.8. The van der Waals surface area contributed by atoms with Gasteiger partial charge in [0.25, 0.3) is 0 Å². The van der Waals surface area contributed by atoms with Gasteiger partial charge in [-0.25, -0.2) is 9.37 Å². The molecule has 2 aromatic carbocycles. The van der Waals surface area contributed by atoms with Gasteiger partial charge in [-0.3, -0.25) is 0 Å². The van der Waals surface area contributed by atoms with Crippen LogP contribution in [0.25, 0.3) is 0 Å². The maximum absolute atomic E-state index is 13.8. The molecule has 0 spiro atoms. The van der Waals surface area contributed by atoms with Gasteiger partial charge in [0.2, 0.25) is 5.95 Å². The molecule has 5 heteroatoms. The van der Waals surface area contributed by atoms with Crippen LogP contribution >= 0.6 is 0 Å². The minimum atomic E-state index is -0.332. The second kappa shape index (κ2) is 7.08. The third-order valence-corrected chi connectivity index (χ3v) is 3.61. The van der Waals surface area contributed by atoms with Crippen LogP contribution in [0.1, 0.15) is 11.3 Å². The molecule has 1 heterocycles. The fourth-order valence-corrected chi connectivity index (χ4v) is 2.42. The van der Waals surface area contributed by atoms with Gasteiger partial charge in [0.15, 0.2) is 0 Å². The molecule has 0 atom stereocenters. The summed E-state index contributed by atoms with van der Waals surface area (Å²) in [6, 6.07) is 18.6. The summed E-state index contributed by atoms with van der Waals surface area (Å²) in [5.41, 5.74) is 2.37. The number of benzene rings is 2. The van der Waals surface area contributed by atoms with Gasteiger partial charge >= 0.3 is 0 Å². The number of halogens is 1. The number of para-hydroxylation sites is 1. The van der Waals surface area contributed by atoms with Gasteiger partial charge in [0, 0.05) is 25.4 Å². The van der Waals surface area contributed by atoms with Crippen LogP contribution in [0, 0.1) is 12.7 Å². The summed E-state index contributed by atoms with van der Waals surface area (Å²) in [5, 5.41) is 2.95. The number of hydrogen-bond donors (Lipinski definition) is 1. The van der Waals surface area contributed by atoms with Gasteiger partial charge in [-0.2, -0.15) is 4.98 Å². The fourth-order valence-electron chi connectivity index (χ4n) is 2.42. The zero-order valence-corrected chi connectivity index (χ0v) is 13.7. The normalized spacial score (nSPS) is 10.5. The molecule has 0 saturated carbocycles. The second-order valence-electron chi connectivity index (χ2n) is 5.64. The molecule has 122 valence electrons. The van der Waals surface area contributed by atoms with Crippen molar-refractivity contribution in [1.29, 1.82) is 0 Å². The Labute approximate surface area is 141 Å². The van der Waals surface area contributed by atoms with Gasteiger partial charge in [-0.1, -0.05) is 42.5 Å². The largest absolute Gasteiger partial charge is 0.355 e. The van der Waals surface area contributed by atoms with E-state index in [9.17, 15) is 4.39 Å². The second-order valence-corrected chi connectivity index (χ2v) is 5.64. The molecule has 0 aliphatic heterocycles. The Balaban J connectivity index is 1.82. The number of nitrogens with zero attached hydrogens (tertiary/aromatic N) is 3. The van der Waals surface area contributed by atoms with Crippen molar-refractivity contribution in [3.8, 4) is 0 Å². The average molecular weight is 322 g/mol. The van der Waals surface area contributed by atoms with E-state index in [-0.39, 0.29) is 5.82 Å². The first kappa shape index (κ1) is 15.9. The summed E-state index contributed by atoms with van der Waals surface area (Å²) in [5.74, 6) is 0.835. The molecule has 0 unspecified atom stereocenters. The van der Waals surface area contributed by atoms with Crippen molar-refractivity contribution in [2.45, 2.75) is 13.5 Å².